The zero-order valence-corrected chi connectivity index (χ0v) is 44.4. The van der Waals surface area contributed by atoms with E-state index in [1.54, 1.807) is 11.0 Å². The Hall–Kier alpha value is -7.79. The number of hydrogen-bond acceptors (Lipinski definition) is 15. The highest BCUT2D eigenvalue weighted by atomic mass is 35.5. The Morgan fingerprint density at radius 1 is 0.909 bits per heavy atom. The van der Waals surface area contributed by atoms with E-state index in [1.807, 2.05) is 61.2 Å². The average molecular weight is 1060 g/mol. The van der Waals surface area contributed by atoms with Crippen LogP contribution in [-0.4, -0.2) is 157 Å². The Bertz CT molecular complexity index is 3260. The van der Waals surface area contributed by atoms with Crippen LogP contribution in [0.5, 0.6) is 17.5 Å². The number of phenols is 2. The molecule has 0 unspecified atom stereocenters. The smallest absolute Gasteiger partial charge is 0.318 e. The van der Waals surface area contributed by atoms with Crippen LogP contribution < -0.4 is 20.3 Å². The molecule has 2 aromatic heterocycles. The number of aromatic hydroxyl groups is 2. The number of piperazine rings is 2. The Morgan fingerprint density at radius 2 is 1.68 bits per heavy atom. The average Bonchev–Trinajstić information content (AvgIpc) is 3.89. The third-order valence-electron chi connectivity index (χ3n) is 15.7. The van der Waals surface area contributed by atoms with Crippen molar-refractivity contribution in [2.75, 3.05) is 82.4 Å². The first-order chi connectivity index (χ1) is 37.2. The predicted octanol–water partition coefficient (Wildman–Crippen LogP) is 6.28. The van der Waals surface area contributed by atoms with Gasteiger partial charge in [0, 0.05) is 86.7 Å². The summed E-state index contributed by atoms with van der Waals surface area (Å²) in [7, 11) is 2.05. The van der Waals surface area contributed by atoms with Crippen molar-refractivity contribution in [3.63, 3.8) is 0 Å². The summed E-state index contributed by atoms with van der Waals surface area (Å²) in [6.45, 7) is 14.3. The molecule has 0 bridgehead atoms. The zero-order valence-electron chi connectivity index (χ0n) is 43.7. The number of likely N-dealkylation sites (tertiary alicyclic amines) is 1. The molecule has 4 aliphatic heterocycles. The molecule has 0 spiro atoms. The molecule has 6 heterocycles. The molecule has 0 aliphatic carbocycles. The minimum absolute atomic E-state index is 0.0405. The zero-order chi connectivity index (χ0) is 54.1. The number of nitriles is 1. The molecular weight excluding hydrogens is 998 g/mol. The van der Waals surface area contributed by atoms with E-state index in [0.29, 0.717) is 87.2 Å². The van der Waals surface area contributed by atoms with Crippen LogP contribution in [0.3, 0.4) is 0 Å². The van der Waals surface area contributed by atoms with Crippen LogP contribution >= 0.6 is 11.6 Å². The maximum absolute atomic E-state index is 14.3. The molecule has 6 aromatic rings. The van der Waals surface area contributed by atoms with Crippen molar-refractivity contribution in [1.29, 1.82) is 5.26 Å². The van der Waals surface area contributed by atoms with E-state index < -0.39 is 5.91 Å². The van der Waals surface area contributed by atoms with Gasteiger partial charge >= 0.3 is 6.01 Å². The first-order valence-electron chi connectivity index (χ1n) is 26.3. The summed E-state index contributed by atoms with van der Waals surface area (Å²) in [4.78, 5) is 62.5. The van der Waals surface area contributed by atoms with E-state index in [-0.39, 0.29) is 77.9 Å². The molecule has 3 fully saturated rings. The van der Waals surface area contributed by atoms with Crippen molar-refractivity contribution in [1.82, 2.24) is 44.3 Å². The maximum Gasteiger partial charge on any atom is 0.318 e. The number of nitrogens with zero attached hydrogens (tertiary/aromatic N) is 12. The fraction of sp³-hybridized carbons (Fsp3) is 0.404. The van der Waals surface area contributed by atoms with Crippen molar-refractivity contribution >= 4 is 51.6 Å². The fourth-order valence-corrected chi connectivity index (χ4v) is 11.7. The Balaban J connectivity index is 0.798. The van der Waals surface area contributed by atoms with Crippen molar-refractivity contribution in [2.24, 2.45) is 11.7 Å². The van der Waals surface area contributed by atoms with Gasteiger partial charge in [0.2, 0.25) is 17.6 Å². The summed E-state index contributed by atoms with van der Waals surface area (Å²) < 4.78 is 8.09. The molecule has 3 saturated heterocycles. The van der Waals surface area contributed by atoms with E-state index in [4.69, 9.17) is 32.0 Å². The van der Waals surface area contributed by atoms with E-state index in [0.717, 1.165) is 65.0 Å². The second-order valence-corrected chi connectivity index (χ2v) is 21.2. The Morgan fingerprint density at radius 3 is 2.40 bits per heavy atom. The Labute approximate surface area is 452 Å². The van der Waals surface area contributed by atoms with Crippen LogP contribution in [0.1, 0.15) is 72.0 Å². The molecule has 0 saturated carbocycles. The lowest BCUT2D eigenvalue weighted by Crippen LogP contribution is -2.57. The second kappa shape index (κ2) is 22.4. The topological polar surface area (TPSA) is 227 Å². The van der Waals surface area contributed by atoms with Gasteiger partial charge in [0.1, 0.15) is 23.9 Å². The number of phenolic OH excluding ortho intramolecular Hbond substituents is 2. The fourth-order valence-electron chi connectivity index (χ4n) is 11.4. The third-order valence-corrected chi connectivity index (χ3v) is 16.0. The minimum Gasteiger partial charge on any atom is -0.508 e. The van der Waals surface area contributed by atoms with Gasteiger partial charge in [-0.2, -0.15) is 15.2 Å². The summed E-state index contributed by atoms with van der Waals surface area (Å²) in [5.74, 6) is -0.354. The minimum atomic E-state index is -0.779. The van der Waals surface area contributed by atoms with Gasteiger partial charge in [-0.25, -0.2) is 0 Å². The van der Waals surface area contributed by atoms with Gasteiger partial charge in [-0.3, -0.25) is 28.8 Å². The number of benzene rings is 4. The van der Waals surface area contributed by atoms with Crippen LogP contribution in [0, 0.1) is 17.2 Å². The molecular formula is C57H64ClN13O6. The highest BCUT2D eigenvalue weighted by molar-refractivity contribution is 6.36. The van der Waals surface area contributed by atoms with Crippen LogP contribution in [0.2, 0.25) is 5.02 Å². The molecule has 19 nitrogen and oxygen atoms in total. The number of halogens is 1. The summed E-state index contributed by atoms with van der Waals surface area (Å²) in [6, 6.07) is 24.8. The Kier molecular flexibility index (Phi) is 15.3. The molecule has 3 amide bonds. The normalized spacial score (nSPS) is 18.6. The summed E-state index contributed by atoms with van der Waals surface area (Å²) in [6.07, 6.45) is 3.59. The SMILES string of the molecule is C=CC(=O)N1CCN(c2nc(OC[C@@H]3CN(C(=O)C4CCN(Cc5ccc(-n6c(C(N)=O)nnc6-c6cc(C(C)C)c(O)cc6O)cc5)CC4)CCN3C)nc3c2CCN(c2cccc4cccc(Cl)c24)C3)C[C@@H]1CC#N. The van der Waals surface area contributed by atoms with Gasteiger partial charge in [0.25, 0.3) is 5.91 Å². The lowest BCUT2D eigenvalue weighted by molar-refractivity contribution is -0.140. The monoisotopic (exact) mass is 1060 g/mol. The first kappa shape index (κ1) is 52.6. The van der Waals surface area contributed by atoms with E-state index in [1.165, 1.54) is 16.7 Å². The third kappa shape index (κ3) is 10.8. The summed E-state index contributed by atoms with van der Waals surface area (Å²) in [5.41, 5.74) is 11.1. The predicted molar refractivity (Wildman–Crippen MR) is 293 cm³/mol. The first-order valence-corrected chi connectivity index (χ1v) is 26.7. The number of piperidine rings is 1. The molecule has 400 valence electrons. The van der Waals surface area contributed by atoms with Crippen molar-refractivity contribution < 1.29 is 29.3 Å². The lowest BCUT2D eigenvalue weighted by Gasteiger charge is -2.42. The number of anilines is 2. The summed E-state index contributed by atoms with van der Waals surface area (Å²) in [5, 5.41) is 42.1. The number of amides is 3. The van der Waals surface area contributed by atoms with Gasteiger partial charge in [-0.1, -0.05) is 68.4 Å². The number of hydrogen-bond donors (Lipinski definition) is 3. The van der Waals surface area contributed by atoms with Crippen LogP contribution in [-0.2, 0) is 29.1 Å². The highest BCUT2D eigenvalue weighted by Gasteiger charge is 2.36. The number of fused-ring (bicyclic) bond motifs is 2. The standard InChI is InChI=1S/C57H64ClN13O6/c1-5-50(74)70-27-26-68(31-40(70)16-20-59)53-42-19-23-67(47-11-7-9-37-8-6-10-45(58)51(37)47)33-46(42)61-57(62-53)77-34-41-32-69(25-24-65(41)4)56(76)38-17-21-66(22-18-38)30-36-12-14-39(15-13-36)71-54(63-64-55(71)52(60)75)44-28-43(35(2)3)48(72)29-49(44)73/h5-15,28-29,35,38,40-41,72-73H,1,16-19,21-27,30-34H2,2-4H3,(H2,60,75)/t40-,41-/m0/s1. The number of nitrogens with two attached hydrogens (primary N) is 1. The molecule has 10 rings (SSSR count). The van der Waals surface area contributed by atoms with Gasteiger partial charge in [-0.05, 0) is 98.2 Å². The number of carbonyl (C=O) groups is 3. The van der Waals surface area contributed by atoms with Gasteiger partial charge in [0.05, 0.1) is 47.4 Å². The van der Waals surface area contributed by atoms with Crippen molar-refractivity contribution in [2.45, 2.75) is 70.6 Å². The number of likely N-dealkylation sites (N-methyl/N-ethyl adjacent to an activating group) is 1. The van der Waals surface area contributed by atoms with E-state index in [2.05, 4.69) is 67.7 Å². The number of carbonyl (C=O) groups excluding carboxylic acids is 3. The highest BCUT2D eigenvalue weighted by Crippen LogP contribution is 2.40. The summed E-state index contributed by atoms with van der Waals surface area (Å²) >= 11 is 6.82. The van der Waals surface area contributed by atoms with Crippen molar-refractivity contribution in [3.8, 4) is 40.7 Å². The van der Waals surface area contributed by atoms with Crippen LogP contribution in [0.15, 0.2) is 85.5 Å². The molecule has 0 radical (unpaired) electrons. The van der Waals surface area contributed by atoms with Gasteiger partial charge in [0.15, 0.2) is 5.82 Å². The largest absolute Gasteiger partial charge is 0.508 e. The second-order valence-electron chi connectivity index (χ2n) is 20.8. The number of primary amides is 1. The lowest BCUT2D eigenvalue weighted by atomic mass is 9.94. The molecule has 20 heteroatoms. The molecule has 4 aromatic carbocycles. The quantitative estimate of drug-likeness (QED) is 0.102. The van der Waals surface area contributed by atoms with E-state index >= 15 is 0 Å². The number of aromatic nitrogens is 5. The molecule has 2 atom stereocenters. The van der Waals surface area contributed by atoms with E-state index in [9.17, 15) is 29.9 Å². The van der Waals surface area contributed by atoms with Gasteiger partial charge in [-0.15, -0.1) is 10.2 Å². The van der Waals surface area contributed by atoms with Crippen LogP contribution in [0.4, 0.5) is 11.5 Å². The molecule has 77 heavy (non-hydrogen) atoms. The maximum atomic E-state index is 14.3. The number of ether oxygens (including phenoxy) is 1. The number of rotatable bonds is 14. The molecule has 4 aliphatic rings. The van der Waals surface area contributed by atoms with Gasteiger partial charge < -0.3 is 40.3 Å². The van der Waals surface area contributed by atoms with Crippen molar-refractivity contribution in [3.05, 3.63) is 119 Å². The van der Waals surface area contributed by atoms with Crippen LogP contribution in [0.25, 0.3) is 27.8 Å². The molecule has 4 N–H and O–H groups in total.